The minimum Gasteiger partial charge on any atom is -0.268 e. The lowest BCUT2D eigenvalue weighted by molar-refractivity contribution is 0.928. The van der Waals surface area contributed by atoms with Gasteiger partial charge in [-0.2, -0.15) is 5.26 Å². The molecule has 0 amide bonds. The van der Waals surface area contributed by atoms with E-state index in [1.54, 1.807) is 4.57 Å². The largest absolute Gasteiger partial charge is 0.268 e. The van der Waals surface area contributed by atoms with Crippen molar-refractivity contribution in [2.45, 2.75) is 18.5 Å². The fourth-order valence-corrected chi connectivity index (χ4v) is 3.78. The van der Waals surface area contributed by atoms with Gasteiger partial charge in [0.05, 0.1) is 22.7 Å². The molecule has 7 heteroatoms. The Morgan fingerprint density at radius 1 is 1.12 bits per heavy atom. The lowest BCUT2D eigenvalue weighted by Crippen LogP contribution is -2.22. The molecule has 0 saturated heterocycles. The number of nitrogens with zero attached hydrogens (tertiary/aromatic N) is 5. The van der Waals surface area contributed by atoms with Crippen LogP contribution in [-0.2, 0) is 0 Å². The van der Waals surface area contributed by atoms with Crippen molar-refractivity contribution in [3.05, 3.63) is 64.4 Å². The smallest absolute Gasteiger partial charge is 0.267 e. The van der Waals surface area contributed by atoms with E-state index in [2.05, 4.69) is 16.3 Å². The van der Waals surface area contributed by atoms with Crippen molar-refractivity contribution in [1.82, 2.24) is 19.2 Å². The van der Waals surface area contributed by atoms with Crippen molar-refractivity contribution >= 4 is 28.4 Å². The van der Waals surface area contributed by atoms with E-state index >= 15 is 0 Å². The van der Waals surface area contributed by atoms with Crippen LogP contribution >= 0.6 is 11.8 Å². The number of fused-ring (bicyclic) bond motifs is 3. The second-order valence-electron chi connectivity index (χ2n) is 5.82. The van der Waals surface area contributed by atoms with Crippen LogP contribution in [0.4, 0.5) is 0 Å². The Bertz CT molecular complexity index is 1220. The van der Waals surface area contributed by atoms with Gasteiger partial charge in [0.2, 0.25) is 5.78 Å². The van der Waals surface area contributed by atoms with Gasteiger partial charge in [0, 0.05) is 12.2 Å². The third-order valence-corrected chi connectivity index (χ3v) is 5.13. The zero-order chi connectivity index (χ0) is 18.1. The summed E-state index contributed by atoms with van der Waals surface area (Å²) in [7, 11) is 0. The topological polar surface area (TPSA) is 76.0 Å². The first kappa shape index (κ1) is 16.4. The Morgan fingerprint density at radius 2 is 1.88 bits per heavy atom. The molecule has 0 aliphatic carbocycles. The van der Waals surface area contributed by atoms with Gasteiger partial charge in [-0.15, -0.1) is 10.2 Å². The van der Waals surface area contributed by atoms with Gasteiger partial charge in [0.15, 0.2) is 5.16 Å². The van der Waals surface area contributed by atoms with Crippen LogP contribution in [0.5, 0.6) is 0 Å². The predicted octanol–water partition coefficient (Wildman–Crippen LogP) is 3.35. The summed E-state index contributed by atoms with van der Waals surface area (Å²) in [6, 6.07) is 17.3. The van der Waals surface area contributed by atoms with Crippen LogP contribution in [0.25, 0.3) is 22.4 Å². The van der Waals surface area contributed by atoms with Crippen molar-refractivity contribution in [2.24, 2.45) is 0 Å². The van der Waals surface area contributed by atoms with Crippen molar-refractivity contribution < 1.29 is 0 Å². The fraction of sp³-hybridized carbons (Fsp3) is 0.158. The normalized spacial score (nSPS) is 11.1. The lowest BCUT2D eigenvalue weighted by Gasteiger charge is -2.13. The van der Waals surface area contributed by atoms with Gasteiger partial charge in [0.1, 0.15) is 0 Å². The van der Waals surface area contributed by atoms with E-state index in [-0.39, 0.29) is 5.56 Å². The zero-order valence-electron chi connectivity index (χ0n) is 14.1. The highest BCUT2D eigenvalue weighted by molar-refractivity contribution is 7.99. The first-order chi connectivity index (χ1) is 12.7. The van der Waals surface area contributed by atoms with Gasteiger partial charge in [-0.3, -0.25) is 9.20 Å². The number of aromatic nitrogens is 4. The van der Waals surface area contributed by atoms with Gasteiger partial charge >= 0.3 is 0 Å². The molecule has 2 aromatic heterocycles. The highest BCUT2D eigenvalue weighted by Gasteiger charge is 2.18. The monoisotopic (exact) mass is 361 g/mol. The number of aryl methyl sites for hydroxylation is 1. The molecule has 2 heterocycles. The molecule has 26 heavy (non-hydrogen) atoms. The second-order valence-corrected chi connectivity index (χ2v) is 6.88. The molecule has 4 rings (SSSR count). The first-order valence-corrected chi connectivity index (χ1v) is 9.15. The molecule has 6 nitrogen and oxygen atoms in total. The predicted molar refractivity (Wildman–Crippen MR) is 102 cm³/mol. The maximum Gasteiger partial charge on any atom is 0.267 e. The molecule has 0 unspecified atom stereocenters. The van der Waals surface area contributed by atoms with E-state index in [4.69, 9.17) is 5.26 Å². The van der Waals surface area contributed by atoms with E-state index in [0.29, 0.717) is 28.5 Å². The molecule has 2 aromatic carbocycles. The molecule has 0 bridgehead atoms. The number of nitriles is 1. The number of para-hydroxylation sites is 2. The van der Waals surface area contributed by atoms with Crippen LogP contribution < -0.4 is 5.56 Å². The average Bonchev–Trinajstić information content (AvgIpc) is 3.07. The Balaban J connectivity index is 2.09. The van der Waals surface area contributed by atoms with Gasteiger partial charge in [-0.05, 0) is 30.7 Å². The molecule has 0 spiro atoms. The van der Waals surface area contributed by atoms with Crippen molar-refractivity contribution in [3.8, 4) is 11.8 Å². The number of hydrogen-bond donors (Lipinski definition) is 0. The van der Waals surface area contributed by atoms with Crippen molar-refractivity contribution in [1.29, 1.82) is 5.26 Å². The van der Waals surface area contributed by atoms with Crippen LogP contribution in [0.3, 0.4) is 0 Å². The summed E-state index contributed by atoms with van der Waals surface area (Å²) < 4.78 is 3.50. The zero-order valence-corrected chi connectivity index (χ0v) is 14.9. The standard InChI is InChI=1S/C19H15N5OS/c1-13-7-2-4-9-15(13)23-17(25)14-8-3-5-10-16(14)24-18(23)21-22-19(24)26-12-6-11-20/h2-5,7-10H,6,12H2,1H3. The molecule has 0 saturated carbocycles. The van der Waals surface area contributed by atoms with E-state index in [0.717, 1.165) is 16.8 Å². The number of benzene rings is 2. The maximum absolute atomic E-state index is 13.2. The highest BCUT2D eigenvalue weighted by atomic mass is 32.2. The molecule has 4 aromatic rings. The number of thioether (sulfide) groups is 1. The summed E-state index contributed by atoms with van der Waals surface area (Å²) in [6.45, 7) is 1.96. The van der Waals surface area contributed by atoms with E-state index in [1.807, 2.05) is 59.9 Å². The van der Waals surface area contributed by atoms with Gasteiger partial charge in [-0.25, -0.2) is 4.57 Å². The average molecular weight is 361 g/mol. The van der Waals surface area contributed by atoms with Crippen LogP contribution in [0, 0.1) is 18.3 Å². The summed E-state index contributed by atoms with van der Waals surface area (Å²) in [6.07, 6.45) is 0.426. The Hall–Kier alpha value is -3.11. The minimum atomic E-state index is -0.122. The Labute approximate surface area is 153 Å². The number of hydrogen-bond acceptors (Lipinski definition) is 5. The van der Waals surface area contributed by atoms with Crippen molar-refractivity contribution in [3.63, 3.8) is 0 Å². The molecule has 128 valence electrons. The lowest BCUT2D eigenvalue weighted by atomic mass is 10.2. The summed E-state index contributed by atoms with van der Waals surface area (Å²) in [4.78, 5) is 13.2. The van der Waals surface area contributed by atoms with E-state index < -0.39 is 0 Å². The van der Waals surface area contributed by atoms with Crippen LogP contribution in [0.2, 0.25) is 0 Å². The van der Waals surface area contributed by atoms with E-state index in [1.165, 1.54) is 11.8 Å². The highest BCUT2D eigenvalue weighted by Crippen LogP contribution is 2.24. The molecular formula is C19H15N5OS. The third kappa shape index (κ3) is 2.55. The van der Waals surface area contributed by atoms with Gasteiger partial charge in [0.25, 0.3) is 5.56 Å². The molecule has 0 aliphatic heterocycles. The summed E-state index contributed by atoms with van der Waals surface area (Å²) in [5.74, 6) is 1.09. The molecule has 0 radical (unpaired) electrons. The quantitative estimate of drug-likeness (QED) is 0.411. The fourth-order valence-electron chi connectivity index (χ4n) is 2.99. The van der Waals surface area contributed by atoms with Gasteiger partial charge < -0.3 is 0 Å². The summed E-state index contributed by atoms with van der Waals surface area (Å²) in [5.41, 5.74) is 2.41. The van der Waals surface area contributed by atoms with Gasteiger partial charge in [-0.1, -0.05) is 42.1 Å². The molecule has 0 fully saturated rings. The molecule has 0 N–H and O–H groups in total. The summed E-state index contributed by atoms with van der Waals surface area (Å²) in [5, 5.41) is 18.6. The summed E-state index contributed by atoms with van der Waals surface area (Å²) >= 11 is 1.46. The van der Waals surface area contributed by atoms with Crippen LogP contribution in [0.1, 0.15) is 12.0 Å². The van der Waals surface area contributed by atoms with Crippen molar-refractivity contribution in [2.75, 3.05) is 5.75 Å². The SMILES string of the molecule is Cc1ccccc1-n1c(=O)c2ccccc2n2c(SCCC#N)nnc12. The van der Waals surface area contributed by atoms with Crippen LogP contribution in [-0.4, -0.2) is 24.9 Å². The Kier molecular flexibility index (Phi) is 4.19. The Morgan fingerprint density at radius 3 is 2.69 bits per heavy atom. The third-order valence-electron chi connectivity index (χ3n) is 4.20. The minimum absolute atomic E-state index is 0.122. The second kappa shape index (κ2) is 6.65. The maximum atomic E-state index is 13.2. The number of rotatable bonds is 4. The first-order valence-electron chi connectivity index (χ1n) is 8.17. The molecular weight excluding hydrogens is 346 g/mol. The molecule has 0 atom stereocenters. The molecule has 0 aliphatic rings. The van der Waals surface area contributed by atoms with Crippen LogP contribution in [0.15, 0.2) is 58.5 Å². The van der Waals surface area contributed by atoms with E-state index in [9.17, 15) is 4.79 Å².